The number of hydrogen-bond donors (Lipinski definition) is 3. The van der Waals surface area contributed by atoms with Crippen molar-refractivity contribution >= 4 is 23.3 Å². The lowest BCUT2D eigenvalue weighted by atomic mass is 10.1. The summed E-state index contributed by atoms with van der Waals surface area (Å²) in [6, 6.07) is 7.59. The molecule has 4 aromatic rings. The van der Waals surface area contributed by atoms with Crippen molar-refractivity contribution in [3.05, 3.63) is 54.2 Å². The second-order valence-corrected chi connectivity index (χ2v) is 9.71. The zero-order valence-electron chi connectivity index (χ0n) is 20.1. The minimum Gasteiger partial charge on any atom is -0.382 e. The van der Waals surface area contributed by atoms with Crippen molar-refractivity contribution in [3.63, 3.8) is 0 Å². The topological polar surface area (TPSA) is 134 Å². The standard InChI is InChI=1S/C26H28N8O2/c1-15-11-29-20-7-6-18(14-34(15)20)21-22(19-3-2-9-28-19)32-24(27)23(31-21)25(35)30-12-16-8-10-33(13-16)26(36)17-4-5-17/h2-3,6-7,9,11,14,16-17,28H,4-5,8,10,12-13H2,1H3,(H2,27,32)(H,30,35)/t16-/m1/s1. The highest BCUT2D eigenvalue weighted by Crippen LogP contribution is 2.33. The van der Waals surface area contributed by atoms with Gasteiger partial charge >= 0.3 is 0 Å². The summed E-state index contributed by atoms with van der Waals surface area (Å²) in [5, 5.41) is 2.97. The summed E-state index contributed by atoms with van der Waals surface area (Å²) >= 11 is 0. The number of H-pyrrole nitrogens is 1. The number of amides is 2. The molecule has 0 spiro atoms. The maximum absolute atomic E-state index is 13.2. The van der Waals surface area contributed by atoms with Gasteiger partial charge < -0.3 is 25.3 Å². The van der Waals surface area contributed by atoms with Crippen LogP contribution in [0, 0.1) is 18.8 Å². The van der Waals surface area contributed by atoms with Gasteiger partial charge in [0.15, 0.2) is 11.5 Å². The Kier molecular flexibility index (Phi) is 5.43. The third-order valence-electron chi connectivity index (χ3n) is 7.03. The Morgan fingerprint density at radius 3 is 2.81 bits per heavy atom. The van der Waals surface area contributed by atoms with Crippen LogP contribution in [-0.4, -0.2) is 60.7 Å². The largest absolute Gasteiger partial charge is 0.382 e. The van der Waals surface area contributed by atoms with Crippen LogP contribution in [0.4, 0.5) is 5.82 Å². The molecule has 4 N–H and O–H groups in total. The highest BCUT2D eigenvalue weighted by molar-refractivity contribution is 5.98. The predicted octanol–water partition coefficient (Wildman–Crippen LogP) is 2.67. The summed E-state index contributed by atoms with van der Waals surface area (Å²) in [6.07, 6.45) is 8.43. The van der Waals surface area contributed by atoms with Crippen LogP contribution in [-0.2, 0) is 4.79 Å². The number of pyridine rings is 1. The zero-order chi connectivity index (χ0) is 24.8. The Morgan fingerprint density at radius 2 is 2.03 bits per heavy atom. The molecular weight excluding hydrogens is 456 g/mol. The normalized spacial score (nSPS) is 17.6. The number of imidazole rings is 1. The third-order valence-corrected chi connectivity index (χ3v) is 7.03. The van der Waals surface area contributed by atoms with Crippen LogP contribution in [0.25, 0.3) is 28.3 Å². The number of rotatable bonds is 6. The number of nitrogens with one attached hydrogen (secondary N) is 2. The van der Waals surface area contributed by atoms with E-state index in [0.717, 1.165) is 48.4 Å². The molecule has 1 saturated carbocycles. The van der Waals surface area contributed by atoms with Crippen LogP contribution in [0.5, 0.6) is 0 Å². The minimum absolute atomic E-state index is 0.0673. The number of aryl methyl sites for hydroxylation is 1. The van der Waals surface area contributed by atoms with Crippen LogP contribution in [0.2, 0.25) is 0 Å². The molecule has 184 valence electrons. The molecule has 2 aliphatic rings. The van der Waals surface area contributed by atoms with E-state index in [2.05, 4.69) is 20.3 Å². The molecule has 5 heterocycles. The molecule has 36 heavy (non-hydrogen) atoms. The summed E-state index contributed by atoms with van der Waals surface area (Å²) in [5.41, 5.74) is 10.8. The van der Waals surface area contributed by atoms with Crippen molar-refractivity contribution in [2.24, 2.45) is 11.8 Å². The molecule has 2 amide bonds. The Balaban J connectivity index is 1.27. The molecular formula is C26H28N8O2. The van der Waals surface area contributed by atoms with Gasteiger partial charge in [-0.25, -0.2) is 15.0 Å². The van der Waals surface area contributed by atoms with E-state index in [-0.39, 0.29) is 35.2 Å². The summed E-state index contributed by atoms with van der Waals surface area (Å²) < 4.78 is 1.97. The summed E-state index contributed by atoms with van der Waals surface area (Å²) in [5.74, 6) is 0.392. The van der Waals surface area contributed by atoms with Gasteiger partial charge in [-0.05, 0) is 56.4 Å². The van der Waals surface area contributed by atoms with Gasteiger partial charge in [0.2, 0.25) is 5.91 Å². The number of nitrogens with two attached hydrogens (primary N) is 1. The zero-order valence-corrected chi connectivity index (χ0v) is 20.1. The first-order valence-corrected chi connectivity index (χ1v) is 12.3. The maximum Gasteiger partial charge on any atom is 0.273 e. The molecule has 1 atom stereocenters. The van der Waals surface area contributed by atoms with Gasteiger partial charge in [0.25, 0.3) is 5.91 Å². The van der Waals surface area contributed by atoms with Gasteiger partial charge in [0, 0.05) is 55.4 Å². The van der Waals surface area contributed by atoms with E-state index in [1.807, 2.05) is 46.7 Å². The quantitative estimate of drug-likeness (QED) is 0.385. The lowest BCUT2D eigenvalue weighted by Crippen LogP contribution is -2.34. The fourth-order valence-corrected chi connectivity index (χ4v) is 4.83. The van der Waals surface area contributed by atoms with Gasteiger partial charge in [0.1, 0.15) is 17.0 Å². The van der Waals surface area contributed by atoms with Gasteiger partial charge in [-0.15, -0.1) is 0 Å². The number of anilines is 1. The number of likely N-dealkylation sites (tertiary alicyclic amines) is 1. The molecule has 2 fully saturated rings. The molecule has 0 aromatic carbocycles. The third kappa shape index (κ3) is 4.08. The summed E-state index contributed by atoms with van der Waals surface area (Å²) in [4.78, 5) is 44.3. The molecule has 6 rings (SSSR count). The lowest BCUT2D eigenvalue weighted by molar-refractivity contribution is -0.131. The molecule has 10 nitrogen and oxygen atoms in total. The fraction of sp³-hybridized carbons (Fsp3) is 0.346. The number of hydrogen-bond acceptors (Lipinski definition) is 6. The Morgan fingerprint density at radius 1 is 1.17 bits per heavy atom. The second-order valence-electron chi connectivity index (χ2n) is 9.71. The van der Waals surface area contributed by atoms with E-state index in [1.165, 1.54) is 0 Å². The average Bonchev–Trinajstić information content (AvgIpc) is 3.24. The first-order valence-electron chi connectivity index (χ1n) is 12.3. The highest BCUT2D eigenvalue weighted by Gasteiger charge is 2.36. The molecule has 1 aliphatic carbocycles. The van der Waals surface area contributed by atoms with Crippen molar-refractivity contribution in [1.82, 2.24) is 34.6 Å². The Labute approximate surface area is 208 Å². The predicted molar refractivity (Wildman–Crippen MR) is 135 cm³/mol. The number of carbonyl (C=O) groups excluding carboxylic acids is 2. The fourth-order valence-electron chi connectivity index (χ4n) is 4.83. The van der Waals surface area contributed by atoms with Crippen molar-refractivity contribution in [1.29, 1.82) is 0 Å². The first-order chi connectivity index (χ1) is 17.5. The van der Waals surface area contributed by atoms with Crippen LogP contribution in [0.3, 0.4) is 0 Å². The molecule has 0 unspecified atom stereocenters. The summed E-state index contributed by atoms with van der Waals surface area (Å²) in [7, 11) is 0. The number of nitrogens with zero attached hydrogens (tertiary/aromatic N) is 5. The second kappa shape index (κ2) is 8.78. The van der Waals surface area contributed by atoms with E-state index in [9.17, 15) is 9.59 Å². The van der Waals surface area contributed by atoms with E-state index >= 15 is 0 Å². The Hall–Kier alpha value is -4.21. The smallest absolute Gasteiger partial charge is 0.273 e. The molecule has 1 aliphatic heterocycles. The van der Waals surface area contributed by atoms with Crippen LogP contribution in [0.1, 0.15) is 35.4 Å². The Bertz CT molecular complexity index is 1450. The molecule has 10 heteroatoms. The number of aromatic amines is 1. The van der Waals surface area contributed by atoms with E-state index in [0.29, 0.717) is 24.5 Å². The number of fused-ring (bicyclic) bond motifs is 1. The van der Waals surface area contributed by atoms with Gasteiger partial charge in [-0.3, -0.25) is 9.59 Å². The molecule has 0 bridgehead atoms. The molecule has 4 aromatic heterocycles. The SMILES string of the molecule is Cc1cnc2ccc(-c3nc(C(=O)NC[C@H]4CCN(C(=O)C5CC5)C4)c(N)nc3-c3ccc[nH]3)cn12. The van der Waals surface area contributed by atoms with E-state index in [1.54, 1.807) is 12.4 Å². The number of carbonyl (C=O) groups is 2. The van der Waals surface area contributed by atoms with Crippen molar-refractivity contribution < 1.29 is 9.59 Å². The lowest BCUT2D eigenvalue weighted by Gasteiger charge is -2.17. The van der Waals surface area contributed by atoms with Crippen molar-refractivity contribution in [3.8, 4) is 22.6 Å². The number of aromatic nitrogens is 5. The minimum atomic E-state index is -0.369. The van der Waals surface area contributed by atoms with Gasteiger partial charge in [0.05, 0.1) is 5.69 Å². The van der Waals surface area contributed by atoms with Crippen LogP contribution < -0.4 is 11.1 Å². The van der Waals surface area contributed by atoms with Gasteiger partial charge in [-0.1, -0.05) is 0 Å². The molecule has 0 radical (unpaired) electrons. The van der Waals surface area contributed by atoms with Gasteiger partial charge in [-0.2, -0.15) is 0 Å². The van der Waals surface area contributed by atoms with E-state index < -0.39 is 0 Å². The van der Waals surface area contributed by atoms with E-state index in [4.69, 9.17) is 10.7 Å². The van der Waals surface area contributed by atoms with Crippen molar-refractivity contribution in [2.45, 2.75) is 26.2 Å². The van der Waals surface area contributed by atoms with Crippen LogP contribution in [0.15, 0.2) is 42.9 Å². The average molecular weight is 485 g/mol. The first kappa shape index (κ1) is 22.3. The molecule has 1 saturated heterocycles. The van der Waals surface area contributed by atoms with Crippen LogP contribution >= 0.6 is 0 Å². The number of nitrogen functional groups attached to an aromatic ring is 1. The maximum atomic E-state index is 13.2. The summed E-state index contributed by atoms with van der Waals surface area (Å²) in [6.45, 7) is 3.87. The highest BCUT2D eigenvalue weighted by atomic mass is 16.2. The monoisotopic (exact) mass is 484 g/mol. The van der Waals surface area contributed by atoms with Crippen molar-refractivity contribution in [2.75, 3.05) is 25.4 Å².